The number of unbranched alkanes of at least 4 members (excludes halogenated alkanes) is 6. The molecule has 0 heterocycles. The van der Waals surface area contributed by atoms with Gasteiger partial charge in [0.2, 0.25) is 0 Å². The van der Waals surface area contributed by atoms with E-state index in [4.69, 9.17) is 0 Å². The van der Waals surface area contributed by atoms with Crippen molar-refractivity contribution in [3.05, 3.63) is 29.8 Å². The number of nitrogens with zero attached hydrogens (tertiary/aromatic N) is 1. The van der Waals surface area contributed by atoms with Crippen LogP contribution in [0.2, 0.25) is 0 Å². The molecule has 0 amide bonds. The Morgan fingerprint density at radius 2 is 1.30 bits per heavy atom. The zero-order chi connectivity index (χ0) is 21.7. The van der Waals surface area contributed by atoms with Crippen LogP contribution in [0, 0.1) is 0 Å². The van der Waals surface area contributed by atoms with Gasteiger partial charge in [0, 0.05) is 24.3 Å². The number of benzene rings is 1. The SMILES string of the molecule is CCCCCCN(CCCCCC)c1ccc(C(=O)C2(O)CCCCCCC2)cc1. The highest BCUT2D eigenvalue weighted by atomic mass is 16.3. The van der Waals surface area contributed by atoms with Crippen molar-refractivity contribution in [3.8, 4) is 0 Å². The monoisotopic (exact) mass is 415 g/mol. The van der Waals surface area contributed by atoms with Gasteiger partial charge in [-0.05, 0) is 49.9 Å². The van der Waals surface area contributed by atoms with E-state index in [2.05, 4.69) is 30.9 Å². The van der Waals surface area contributed by atoms with E-state index in [0.29, 0.717) is 18.4 Å². The van der Waals surface area contributed by atoms with Crippen LogP contribution >= 0.6 is 0 Å². The smallest absolute Gasteiger partial charge is 0.194 e. The van der Waals surface area contributed by atoms with Crippen molar-refractivity contribution < 1.29 is 9.90 Å². The number of anilines is 1. The van der Waals surface area contributed by atoms with E-state index in [9.17, 15) is 9.90 Å². The van der Waals surface area contributed by atoms with Crippen molar-refractivity contribution in [3.63, 3.8) is 0 Å². The molecule has 30 heavy (non-hydrogen) atoms. The average molecular weight is 416 g/mol. The third-order valence-corrected chi connectivity index (χ3v) is 6.66. The normalized spacial score (nSPS) is 16.6. The summed E-state index contributed by atoms with van der Waals surface area (Å²) in [6.45, 7) is 6.68. The molecular formula is C27H45NO2. The first-order valence-corrected chi connectivity index (χ1v) is 12.7. The average Bonchev–Trinajstić information content (AvgIpc) is 2.75. The lowest BCUT2D eigenvalue weighted by Crippen LogP contribution is -2.39. The number of hydrogen-bond acceptors (Lipinski definition) is 3. The highest BCUT2D eigenvalue weighted by Crippen LogP contribution is 2.30. The second-order valence-corrected chi connectivity index (χ2v) is 9.28. The predicted octanol–water partition coefficient (Wildman–Crippen LogP) is 7.31. The fraction of sp³-hybridized carbons (Fsp3) is 0.741. The van der Waals surface area contributed by atoms with Gasteiger partial charge in [-0.25, -0.2) is 0 Å². The first kappa shape index (κ1) is 24.9. The number of rotatable bonds is 13. The van der Waals surface area contributed by atoms with Gasteiger partial charge in [0.05, 0.1) is 0 Å². The molecule has 1 aliphatic rings. The molecule has 1 saturated carbocycles. The quantitative estimate of drug-likeness (QED) is 0.271. The fourth-order valence-electron chi connectivity index (χ4n) is 4.64. The Morgan fingerprint density at radius 3 is 1.80 bits per heavy atom. The summed E-state index contributed by atoms with van der Waals surface area (Å²) in [5.74, 6) is -0.0756. The van der Waals surface area contributed by atoms with Crippen LogP contribution in [0.25, 0.3) is 0 Å². The summed E-state index contributed by atoms with van der Waals surface area (Å²) in [5, 5.41) is 11.1. The molecule has 0 bridgehead atoms. The summed E-state index contributed by atoms with van der Waals surface area (Å²) in [4.78, 5) is 15.6. The van der Waals surface area contributed by atoms with E-state index in [-0.39, 0.29) is 5.78 Å². The molecule has 0 radical (unpaired) electrons. The van der Waals surface area contributed by atoms with Gasteiger partial charge in [0.1, 0.15) is 5.60 Å². The molecule has 1 aromatic carbocycles. The standard InChI is InChI=1S/C27H45NO2/c1-3-5-7-14-22-28(23-15-8-6-4-2)25-18-16-24(17-19-25)26(29)27(30)20-12-10-9-11-13-21-27/h16-19,30H,3-15,20-23H2,1-2H3. The summed E-state index contributed by atoms with van der Waals surface area (Å²) in [5.41, 5.74) is 0.713. The van der Waals surface area contributed by atoms with Crippen molar-refractivity contribution in [2.24, 2.45) is 0 Å². The molecular weight excluding hydrogens is 370 g/mol. The number of carbonyl (C=O) groups excluding carboxylic acids is 1. The molecule has 3 nitrogen and oxygen atoms in total. The van der Waals surface area contributed by atoms with Crippen LogP contribution in [0.4, 0.5) is 5.69 Å². The van der Waals surface area contributed by atoms with Crippen LogP contribution < -0.4 is 4.90 Å². The summed E-state index contributed by atoms with van der Waals surface area (Å²) in [6.07, 6.45) is 16.7. The molecule has 1 fully saturated rings. The minimum Gasteiger partial charge on any atom is -0.382 e. The van der Waals surface area contributed by atoms with Crippen LogP contribution in [-0.2, 0) is 0 Å². The van der Waals surface area contributed by atoms with Crippen LogP contribution in [0.3, 0.4) is 0 Å². The van der Waals surface area contributed by atoms with Gasteiger partial charge in [-0.3, -0.25) is 4.79 Å². The molecule has 0 saturated heterocycles. The topological polar surface area (TPSA) is 40.5 Å². The highest BCUT2D eigenvalue weighted by Gasteiger charge is 2.36. The molecule has 1 N–H and O–H groups in total. The zero-order valence-corrected chi connectivity index (χ0v) is 19.6. The number of ketones is 1. The van der Waals surface area contributed by atoms with Gasteiger partial charge < -0.3 is 10.0 Å². The van der Waals surface area contributed by atoms with Crippen LogP contribution in [0.5, 0.6) is 0 Å². The lowest BCUT2D eigenvalue weighted by Gasteiger charge is -2.29. The molecule has 0 aromatic heterocycles. The van der Waals surface area contributed by atoms with E-state index >= 15 is 0 Å². The largest absolute Gasteiger partial charge is 0.382 e. The molecule has 170 valence electrons. The van der Waals surface area contributed by atoms with Gasteiger partial charge in [-0.15, -0.1) is 0 Å². The lowest BCUT2D eigenvalue weighted by molar-refractivity contribution is 0.0177. The first-order valence-electron chi connectivity index (χ1n) is 12.7. The molecule has 1 aromatic rings. The van der Waals surface area contributed by atoms with Crippen molar-refractivity contribution in [1.82, 2.24) is 0 Å². The second-order valence-electron chi connectivity index (χ2n) is 9.28. The maximum Gasteiger partial charge on any atom is 0.194 e. The Bertz CT molecular complexity index is 575. The number of Topliss-reactive ketones (excluding diaryl/α,β-unsaturated/α-hetero) is 1. The van der Waals surface area contributed by atoms with Gasteiger partial charge >= 0.3 is 0 Å². The molecule has 1 aliphatic carbocycles. The van der Waals surface area contributed by atoms with Crippen molar-refractivity contribution in [1.29, 1.82) is 0 Å². The van der Waals surface area contributed by atoms with Crippen molar-refractivity contribution in [2.75, 3.05) is 18.0 Å². The Hall–Kier alpha value is -1.35. The molecule has 3 heteroatoms. The minimum atomic E-state index is -1.16. The van der Waals surface area contributed by atoms with E-state index in [0.717, 1.165) is 38.8 Å². The molecule has 0 aliphatic heterocycles. The third kappa shape index (κ3) is 8.06. The third-order valence-electron chi connectivity index (χ3n) is 6.66. The van der Waals surface area contributed by atoms with E-state index in [1.165, 1.54) is 63.5 Å². The summed E-state index contributed by atoms with van der Waals surface area (Å²) in [7, 11) is 0. The minimum absolute atomic E-state index is 0.0756. The summed E-state index contributed by atoms with van der Waals surface area (Å²) >= 11 is 0. The molecule has 0 spiro atoms. The summed E-state index contributed by atoms with van der Waals surface area (Å²) in [6, 6.07) is 8.08. The van der Waals surface area contributed by atoms with E-state index < -0.39 is 5.60 Å². The maximum absolute atomic E-state index is 13.1. The number of aliphatic hydroxyl groups is 1. The van der Waals surface area contributed by atoms with Crippen LogP contribution in [0.1, 0.15) is 121 Å². The lowest BCUT2D eigenvalue weighted by atomic mass is 9.81. The van der Waals surface area contributed by atoms with Gasteiger partial charge in [-0.2, -0.15) is 0 Å². The molecule has 2 rings (SSSR count). The number of hydrogen-bond donors (Lipinski definition) is 1. The molecule has 0 atom stereocenters. The number of carbonyl (C=O) groups is 1. The van der Waals surface area contributed by atoms with Gasteiger partial charge in [0.15, 0.2) is 5.78 Å². The van der Waals surface area contributed by atoms with Crippen molar-refractivity contribution in [2.45, 2.75) is 116 Å². The Balaban J connectivity index is 2.02. The molecule has 0 unspecified atom stereocenters. The van der Waals surface area contributed by atoms with Gasteiger partial charge in [0.25, 0.3) is 0 Å². The summed E-state index contributed by atoms with van der Waals surface area (Å²) < 4.78 is 0. The first-order chi connectivity index (χ1) is 14.6. The van der Waals surface area contributed by atoms with Crippen molar-refractivity contribution >= 4 is 11.5 Å². The zero-order valence-electron chi connectivity index (χ0n) is 19.6. The Kier molecular flexibility index (Phi) is 11.5. The second kappa shape index (κ2) is 13.9. The van der Waals surface area contributed by atoms with Crippen LogP contribution in [0.15, 0.2) is 24.3 Å². The Labute approximate surface area is 185 Å². The fourth-order valence-corrected chi connectivity index (χ4v) is 4.64. The van der Waals surface area contributed by atoms with Gasteiger partial charge in [-0.1, -0.05) is 84.5 Å². The van der Waals surface area contributed by atoms with E-state index in [1.807, 2.05) is 12.1 Å². The Morgan fingerprint density at radius 1 is 0.800 bits per heavy atom. The predicted molar refractivity (Wildman–Crippen MR) is 129 cm³/mol. The highest BCUT2D eigenvalue weighted by molar-refractivity contribution is 6.02. The maximum atomic E-state index is 13.1. The van der Waals surface area contributed by atoms with Crippen LogP contribution in [-0.4, -0.2) is 29.6 Å². The van der Waals surface area contributed by atoms with E-state index in [1.54, 1.807) is 0 Å².